The summed E-state index contributed by atoms with van der Waals surface area (Å²) in [4.78, 5) is 42.7. The Bertz CT molecular complexity index is 1020. The van der Waals surface area contributed by atoms with E-state index in [-0.39, 0.29) is 36.5 Å². The number of ketones is 1. The molecule has 0 radical (unpaired) electrons. The molecule has 2 aliphatic rings. The SMILES string of the molecule is CC1(C)Oc2ccc(N)nc2N(CC(=O)c2ccc3c(c2)NC(=O)CO3)C1=O. The van der Waals surface area contributed by atoms with Gasteiger partial charge in [0.25, 0.3) is 11.8 Å². The minimum Gasteiger partial charge on any atom is -0.482 e. The molecule has 0 atom stereocenters. The summed E-state index contributed by atoms with van der Waals surface area (Å²) in [6, 6.07) is 7.91. The lowest BCUT2D eigenvalue weighted by atomic mass is 10.0. The molecular weight excluding hydrogens is 364 g/mol. The molecule has 0 saturated heterocycles. The Morgan fingerprint density at radius 1 is 1.25 bits per heavy atom. The van der Waals surface area contributed by atoms with Gasteiger partial charge in [0.15, 0.2) is 29.6 Å². The summed E-state index contributed by atoms with van der Waals surface area (Å²) >= 11 is 0. The highest BCUT2D eigenvalue weighted by atomic mass is 16.5. The Morgan fingerprint density at radius 2 is 2.00 bits per heavy atom. The molecule has 2 amide bonds. The standard InChI is InChI=1S/C19H18N4O5/c1-19(2)18(26)23(17-14(28-19)5-6-15(20)22-17)8-12(24)10-3-4-13-11(7-10)21-16(25)9-27-13/h3-7H,8-9H2,1-2H3,(H2,20,22)(H,21,25). The molecule has 0 fully saturated rings. The molecule has 0 spiro atoms. The highest BCUT2D eigenvalue weighted by Crippen LogP contribution is 2.37. The second-order valence-electron chi connectivity index (χ2n) is 7.03. The van der Waals surface area contributed by atoms with Crippen LogP contribution in [0.4, 0.5) is 17.3 Å². The molecule has 0 bridgehead atoms. The lowest BCUT2D eigenvalue weighted by Gasteiger charge is -2.37. The van der Waals surface area contributed by atoms with Gasteiger partial charge in [-0.1, -0.05) is 0 Å². The molecule has 0 aliphatic carbocycles. The molecule has 9 heteroatoms. The van der Waals surface area contributed by atoms with Gasteiger partial charge in [-0.05, 0) is 44.2 Å². The summed E-state index contributed by atoms with van der Waals surface area (Å²) in [5.74, 6) is 0.242. The van der Waals surface area contributed by atoms with E-state index in [0.29, 0.717) is 22.7 Å². The number of amides is 2. The van der Waals surface area contributed by atoms with Gasteiger partial charge in [0.1, 0.15) is 11.6 Å². The number of nitrogen functional groups attached to an aromatic ring is 1. The Labute approximate surface area is 160 Å². The number of nitrogens with one attached hydrogen (secondary N) is 1. The van der Waals surface area contributed by atoms with E-state index in [1.807, 2.05) is 0 Å². The maximum absolute atomic E-state index is 12.9. The summed E-state index contributed by atoms with van der Waals surface area (Å²) in [6.07, 6.45) is 0. The van der Waals surface area contributed by atoms with Crippen LogP contribution in [-0.2, 0) is 9.59 Å². The predicted molar refractivity (Wildman–Crippen MR) is 101 cm³/mol. The van der Waals surface area contributed by atoms with Gasteiger partial charge in [-0.2, -0.15) is 0 Å². The van der Waals surface area contributed by atoms with Crippen molar-refractivity contribution >= 4 is 34.9 Å². The van der Waals surface area contributed by atoms with E-state index in [0.717, 1.165) is 0 Å². The molecule has 4 rings (SSSR count). The number of carbonyl (C=O) groups excluding carboxylic acids is 3. The summed E-state index contributed by atoms with van der Waals surface area (Å²) in [7, 11) is 0. The Morgan fingerprint density at radius 3 is 2.79 bits per heavy atom. The Hall–Kier alpha value is -3.62. The fourth-order valence-corrected chi connectivity index (χ4v) is 3.10. The highest BCUT2D eigenvalue weighted by Gasteiger charge is 2.42. The van der Waals surface area contributed by atoms with Crippen molar-refractivity contribution in [3.63, 3.8) is 0 Å². The zero-order chi connectivity index (χ0) is 20.1. The number of ether oxygens (including phenoxy) is 2. The van der Waals surface area contributed by atoms with Gasteiger partial charge < -0.3 is 20.5 Å². The fourth-order valence-electron chi connectivity index (χ4n) is 3.10. The number of hydrogen-bond acceptors (Lipinski definition) is 7. The van der Waals surface area contributed by atoms with Gasteiger partial charge in [0.2, 0.25) is 0 Å². The normalized spacial score (nSPS) is 17.0. The zero-order valence-corrected chi connectivity index (χ0v) is 15.3. The average molecular weight is 382 g/mol. The summed E-state index contributed by atoms with van der Waals surface area (Å²) < 4.78 is 11.0. The summed E-state index contributed by atoms with van der Waals surface area (Å²) in [5, 5.41) is 2.66. The maximum Gasteiger partial charge on any atom is 0.272 e. The number of rotatable bonds is 3. The van der Waals surface area contributed by atoms with Crippen LogP contribution < -0.4 is 25.4 Å². The van der Waals surface area contributed by atoms with Crippen molar-refractivity contribution in [2.75, 3.05) is 29.1 Å². The quantitative estimate of drug-likeness (QED) is 0.769. The lowest BCUT2D eigenvalue weighted by Crippen LogP contribution is -2.54. The third-order valence-corrected chi connectivity index (χ3v) is 4.48. The van der Waals surface area contributed by atoms with E-state index >= 15 is 0 Å². The molecule has 2 aliphatic heterocycles. The van der Waals surface area contributed by atoms with E-state index in [9.17, 15) is 14.4 Å². The molecule has 1 aromatic heterocycles. The second-order valence-corrected chi connectivity index (χ2v) is 7.03. The molecular formula is C19H18N4O5. The third-order valence-electron chi connectivity index (χ3n) is 4.48. The van der Waals surface area contributed by atoms with Crippen molar-refractivity contribution in [3.8, 4) is 11.5 Å². The first-order valence-corrected chi connectivity index (χ1v) is 8.62. The number of fused-ring (bicyclic) bond motifs is 2. The van der Waals surface area contributed by atoms with Crippen molar-refractivity contribution in [3.05, 3.63) is 35.9 Å². The number of aromatic nitrogens is 1. The van der Waals surface area contributed by atoms with Crippen LogP contribution in [-0.4, -0.2) is 41.3 Å². The maximum atomic E-state index is 12.9. The van der Waals surface area contributed by atoms with E-state index < -0.39 is 11.5 Å². The van der Waals surface area contributed by atoms with Crippen LogP contribution in [0.25, 0.3) is 0 Å². The molecule has 144 valence electrons. The molecule has 3 heterocycles. The van der Waals surface area contributed by atoms with E-state index in [1.165, 1.54) is 11.0 Å². The highest BCUT2D eigenvalue weighted by molar-refractivity contribution is 6.09. The fraction of sp³-hybridized carbons (Fsp3) is 0.263. The first-order valence-electron chi connectivity index (χ1n) is 8.62. The first kappa shape index (κ1) is 17.8. The van der Waals surface area contributed by atoms with Gasteiger partial charge in [-0.15, -0.1) is 0 Å². The Balaban J connectivity index is 1.66. The number of pyridine rings is 1. The molecule has 2 aromatic rings. The van der Waals surface area contributed by atoms with Crippen LogP contribution in [0.2, 0.25) is 0 Å². The average Bonchev–Trinajstić information content (AvgIpc) is 2.65. The summed E-state index contributed by atoms with van der Waals surface area (Å²) in [6.45, 7) is 2.93. The zero-order valence-electron chi connectivity index (χ0n) is 15.3. The van der Waals surface area contributed by atoms with E-state index in [2.05, 4.69) is 10.3 Å². The van der Waals surface area contributed by atoms with Gasteiger partial charge in [-0.3, -0.25) is 19.3 Å². The largest absolute Gasteiger partial charge is 0.482 e. The topological polar surface area (TPSA) is 124 Å². The van der Waals surface area contributed by atoms with Crippen molar-refractivity contribution < 1.29 is 23.9 Å². The van der Waals surface area contributed by atoms with Crippen LogP contribution in [0.5, 0.6) is 11.5 Å². The first-order chi connectivity index (χ1) is 13.2. The van der Waals surface area contributed by atoms with Crippen LogP contribution in [0, 0.1) is 0 Å². The van der Waals surface area contributed by atoms with E-state index in [1.54, 1.807) is 38.1 Å². The lowest BCUT2D eigenvalue weighted by molar-refractivity contribution is -0.132. The molecule has 1 aromatic carbocycles. The molecule has 0 unspecified atom stereocenters. The number of Topliss-reactive ketones (excluding diaryl/α,β-unsaturated/α-hetero) is 1. The molecule has 28 heavy (non-hydrogen) atoms. The number of nitrogens with two attached hydrogens (primary N) is 1. The predicted octanol–water partition coefficient (Wildman–Crippen LogP) is 1.38. The summed E-state index contributed by atoms with van der Waals surface area (Å²) in [5.41, 5.74) is 5.34. The Kier molecular flexibility index (Phi) is 3.95. The van der Waals surface area contributed by atoms with Crippen molar-refractivity contribution in [1.82, 2.24) is 4.98 Å². The number of nitrogens with zero attached hydrogens (tertiary/aromatic N) is 2. The van der Waals surface area contributed by atoms with Crippen LogP contribution >= 0.6 is 0 Å². The van der Waals surface area contributed by atoms with Crippen LogP contribution in [0.3, 0.4) is 0 Å². The van der Waals surface area contributed by atoms with Crippen molar-refractivity contribution in [2.45, 2.75) is 19.4 Å². The molecule has 3 N–H and O–H groups in total. The minimum absolute atomic E-state index is 0.0679. The van der Waals surface area contributed by atoms with Gasteiger partial charge in [-0.25, -0.2) is 4.98 Å². The van der Waals surface area contributed by atoms with Gasteiger partial charge in [0, 0.05) is 5.56 Å². The molecule has 9 nitrogen and oxygen atoms in total. The van der Waals surface area contributed by atoms with Crippen LogP contribution in [0.1, 0.15) is 24.2 Å². The number of benzene rings is 1. The monoisotopic (exact) mass is 382 g/mol. The smallest absolute Gasteiger partial charge is 0.272 e. The second kappa shape index (κ2) is 6.22. The number of carbonyl (C=O) groups is 3. The number of anilines is 3. The van der Waals surface area contributed by atoms with Gasteiger partial charge >= 0.3 is 0 Å². The number of hydrogen-bond donors (Lipinski definition) is 2. The molecule has 0 saturated carbocycles. The third kappa shape index (κ3) is 3.00. The van der Waals surface area contributed by atoms with E-state index in [4.69, 9.17) is 15.2 Å². The van der Waals surface area contributed by atoms with Crippen LogP contribution in [0.15, 0.2) is 30.3 Å². The van der Waals surface area contributed by atoms with Crippen molar-refractivity contribution in [1.29, 1.82) is 0 Å². The minimum atomic E-state index is -1.15. The van der Waals surface area contributed by atoms with Crippen molar-refractivity contribution in [2.24, 2.45) is 0 Å². The van der Waals surface area contributed by atoms with Gasteiger partial charge in [0.05, 0.1) is 12.2 Å².